The lowest BCUT2D eigenvalue weighted by Gasteiger charge is -2.29. The van der Waals surface area contributed by atoms with Crippen molar-refractivity contribution in [3.05, 3.63) is 45.5 Å². The van der Waals surface area contributed by atoms with E-state index < -0.39 is 23.7 Å². The van der Waals surface area contributed by atoms with E-state index in [0.29, 0.717) is 10.6 Å². The minimum atomic E-state index is -1.08. The number of carbonyl (C=O) groups is 2. The van der Waals surface area contributed by atoms with Gasteiger partial charge in [-0.1, -0.05) is 41.6 Å². The Morgan fingerprint density at radius 3 is 2.65 bits per heavy atom. The Kier molecular flexibility index (Phi) is 5.28. The fourth-order valence-corrected chi connectivity index (χ4v) is 3.33. The smallest absolute Gasteiger partial charge is 0.243 e. The summed E-state index contributed by atoms with van der Waals surface area (Å²) >= 11 is 7.13. The lowest BCUT2D eigenvalue weighted by Crippen LogP contribution is -2.39. The highest BCUT2D eigenvalue weighted by Crippen LogP contribution is 2.41. The number of carbonyl (C=O) groups excluding carboxylic acids is 2. The van der Waals surface area contributed by atoms with E-state index in [-0.39, 0.29) is 16.4 Å². The normalized spacial score (nSPS) is 20.4. The fourth-order valence-electron chi connectivity index (χ4n) is 2.29. The first-order chi connectivity index (χ1) is 11.0. The first kappa shape index (κ1) is 16.9. The van der Waals surface area contributed by atoms with Gasteiger partial charge in [-0.2, -0.15) is 10.5 Å². The van der Waals surface area contributed by atoms with Crippen LogP contribution in [-0.2, 0) is 9.59 Å². The number of halogens is 1. The average molecular weight is 347 g/mol. The highest BCUT2D eigenvalue weighted by Gasteiger charge is 2.40. The molecule has 2 amide bonds. The van der Waals surface area contributed by atoms with E-state index >= 15 is 0 Å². The first-order valence-corrected chi connectivity index (χ1v) is 7.86. The van der Waals surface area contributed by atoms with Crippen molar-refractivity contribution in [3.63, 3.8) is 0 Å². The van der Waals surface area contributed by atoms with Gasteiger partial charge < -0.3 is 11.1 Å². The minimum Gasteiger partial charge on any atom is -0.369 e. The number of hydrogen-bond acceptors (Lipinski definition) is 5. The van der Waals surface area contributed by atoms with Gasteiger partial charge in [0.1, 0.15) is 5.92 Å². The molecule has 0 spiro atoms. The van der Waals surface area contributed by atoms with E-state index in [0.717, 1.165) is 11.8 Å². The van der Waals surface area contributed by atoms with E-state index in [1.54, 1.807) is 24.3 Å². The molecule has 1 heterocycles. The van der Waals surface area contributed by atoms with Crippen LogP contribution in [0.1, 0.15) is 11.5 Å². The number of thioether (sulfide) groups is 1. The molecule has 2 atom stereocenters. The van der Waals surface area contributed by atoms with Gasteiger partial charge in [0.25, 0.3) is 0 Å². The quantitative estimate of drug-likeness (QED) is 0.858. The second-order valence-electron chi connectivity index (χ2n) is 4.70. The molecular weight excluding hydrogens is 336 g/mol. The summed E-state index contributed by atoms with van der Waals surface area (Å²) in [7, 11) is 0. The van der Waals surface area contributed by atoms with Crippen molar-refractivity contribution >= 4 is 35.2 Å². The van der Waals surface area contributed by atoms with Crippen LogP contribution in [0.4, 0.5) is 0 Å². The van der Waals surface area contributed by atoms with Crippen LogP contribution in [0.25, 0.3) is 0 Å². The molecular formula is C15H11ClN4O2S. The molecule has 6 nitrogen and oxygen atoms in total. The van der Waals surface area contributed by atoms with Gasteiger partial charge in [0.05, 0.1) is 28.5 Å². The summed E-state index contributed by atoms with van der Waals surface area (Å²) in [5.41, 5.74) is 5.81. The summed E-state index contributed by atoms with van der Waals surface area (Å²) < 4.78 is 0. The Hall–Kier alpha value is -2.48. The maximum Gasteiger partial charge on any atom is 0.243 e. The fraction of sp³-hybridized carbons (Fsp3) is 0.200. The van der Waals surface area contributed by atoms with Crippen LogP contribution >= 0.6 is 23.4 Å². The summed E-state index contributed by atoms with van der Waals surface area (Å²) in [4.78, 5) is 23.1. The third-order valence-corrected chi connectivity index (χ3v) is 4.65. The molecule has 1 aliphatic heterocycles. The number of nitrogens with two attached hydrogens (primary N) is 1. The number of allylic oxidation sites excluding steroid dienone is 1. The molecule has 0 saturated heterocycles. The highest BCUT2D eigenvalue weighted by molar-refractivity contribution is 8.03. The Morgan fingerprint density at radius 1 is 1.39 bits per heavy atom. The maximum atomic E-state index is 12.2. The Bertz CT molecular complexity index is 778. The van der Waals surface area contributed by atoms with Crippen LogP contribution < -0.4 is 11.1 Å². The molecule has 0 unspecified atom stereocenters. The largest absolute Gasteiger partial charge is 0.369 e. The summed E-state index contributed by atoms with van der Waals surface area (Å²) in [6, 6.07) is 10.7. The monoisotopic (exact) mass is 346 g/mol. The van der Waals surface area contributed by atoms with Crippen molar-refractivity contribution in [1.82, 2.24) is 5.32 Å². The zero-order valence-electron chi connectivity index (χ0n) is 11.7. The molecule has 1 aliphatic rings. The molecule has 23 heavy (non-hydrogen) atoms. The standard InChI is InChI=1S/C15H11ClN4O2S/c16-11-4-2-1-3-8(11)13-9(5-17)14(22)20-15(10(13)6-18)23-7-12(19)21/h1-4,9,13H,7H2,(H2,19,21)(H,20,22)/t9-,13+/m0/s1. The molecule has 116 valence electrons. The minimum absolute atomic E-state index is 0.0900. The van der Waals surface area contributed by atoms with Crippen molar-refractivity contribution in [2.45, 2.75) is 5.92 Å². The predicted octanol–water partition coefficient (Wildman–Crippen LogP) is 1.65. The third kappa shape index (κ3) is 3.48. The van der Waals surface area contributed by atoms with Gasteiger partial charge in [0.15, 0.2) is 0 Å². The second kappa shape index (κ2) is 7.19. The maximum absolute atomic E-state index is 12.2. The van der Waals surface area contributed by atoms with Crippen LogP contribution in [0.5, 0.6) is 0 Å². The molecule has 0 aliphatic carbocycles. The van der Waals surface area contributed by atoms with Crippen LogP contribution in [0, 0.1) is 28.6 Å². The number of nitrogens with zero attached hydrogens (tertiary/aromatic N) is 2. The van der Waals surface area contributed by atoms with Gasteiger partial charge in [-0.15, -0.1) is 0 Å². The molecule has 0 bridgehead atoms. The lowest BCUT2D eigenvalue weighted by atomic mass is 9.79. The first-order valence-electron chi connectivity index (χ1n) is 6.49. The molecule has 0 fully saturated rings. The van der Waals surface area contributed by atoms with Gasteiger partial charge in [0.2, 0.25) is 11.8 Å². The summed E-state index contributed by atoms with van der Waals surface area (Å²) in [6.45, 7) is 0. The summed E-state index contributed by atoms with van der Waals surface area (Å²) in [5, 5.41) is 21.9. The molecule has 1 aromatic carbocycles. The summed E-state index contributed by atoms with van der Waals surface area (Å²) in [5.74, 6) is -3.08. The molecule has 1 aromatic rings. The Balaban J connectivity index is 2.57. The number of nitrogens with one attached hydrogen (secondary N) is 1. The number of hydrogen-bond donors (Lipinski definition) is 2. The summed E-state index contributed by atoms with van der Waals surface area (Å²) in [6.07, 6.45) is 0. The molecule has 0 radical (unpaired) electrons. The van der Waals surface area contributed by atoms with Crippen LogP contribution in [0.3, 0.4) is 0 Å². The van der Waals surface area contributed by atoms with Gasteiger partial charge in [-0.05, 0) is 11.6 Å². The average Bonchev–Trinajstić information content (AvgIpc) is 2.52. The van der Waals surface area contributed by atoms with E-state index in [1.807, 2.05) is 12.1 Å². The van der Waals surface area contributed by atoms with Crippen LogP contribution in [0.2, 0.25) is 5.02 Å². The van der Waals surface area contributed by atoms with Crippen LogP contribution in [0.15, 0.2) is 34.9 Å². The molecule has 8 heteroatoms. The SMILES string of the molecule is N#CC1=C(SCC(N)=O)NC(=O)[C@@H](C#N)[C@H]1c1ccccc1Cl. The van der Waals surface area contributed by atoms with Crippen molar-refractivity contribution < 1.29 is 9.59 Å². The molecule has 2 rings (SSSR count). The molecule has 0 saturated carbocycles. The topological polar surface area (TPSA) is 120 Å². The Labute approximate surface area is 141 Å². The van der Waals surface area contributed by atoms with E-state index in [2.05, 4.69) is 5.32 Å². The number of amides is 2. The zero-order chi connectivity index (χ0) is 17.0. The van der Waals surface area contributed by atoms with E-state index in [9.17, 15) is 20.1 Å². The second-order valence-corrected chi connectivity index (χ2v) is 6.10. The lowest BCUT2D eigenvalue weighted by molar-refractivity contribution is -0.123. The van der Waals surface area contributed by atoms with Crippen molar-refractivity contribution in [2.24, 2.45) is 11.7 Å². The number of primary amides is 1. The number of nitriles is 2. The number of benzene rings is 1. The van der Waals surface area contributed by atoms with Gasteiger partial charge in [-0.25, -0.2) is 0 Å². The highest BCUT2D eigenvalue weighted by atomic mass is 35.5. The van der Waals surface area contributed by atoms with Crippen molar-refractivity contribution in [3.8, 4) is 12.1 Å². The molecule has 0 aromatic heterocycles. The molecule has 3 N–H and O–H groups in total. The Morgan fingerprint density at radius 2 is 2.09 bits per heavy atom. The van der Waals surface area contributed by atoms with Crippen molar-refractivity contribution in [1.29, 1.82) is 10.5 Å². The zero-order valence-corrected chi connectivity index (χ0v) is 13.3. The van der Waals surface area contributed by atoms with Crippen LogP contribution in [-0.4, -0.2) is 17.6 Å². The predicted molar refractivity (Wildman–Crippen MR) is 85.7 cm³/mol. The van der Waals surface area contributed by atoms with Gasteiger partial charge >= 0.3 is 0 Å². The third-order valence-electron chi connectivity index (χ3n) is 3.27. The van der Waals surface area contributed by atoms with E-state index in [4.69, 9.17) is 17.3 Å². The van der Waals surface area contributed by atoms with Gasteiger partial charge in [0, 0.05) is 10.9 Å². The number of rotatable bonds is 4. The van der Waals surface area contributed by atoms with Gasteiger partial charge in [-0.3, -0.25) is 9.59 Å². The van der Waals surface area contributed by atoms with Crippen molar-refractivity contribution in [2.75, 3.05) is 5.75 Å². The van der Waals surface area contributed by atoms with E-state index in [1.165, 1.54) is 0 Å².